The van der Waals surface area contributed by atoms with E-state index in [1.54, 1.807) is 7.11 Å². The molecule has 1 nitrogen and oxygen atoms in total. The van der Waals surface area contributed by atoms with Gasteiger partial charge in [0.05, 0.1) is 6.10 Å². The molecule has 0 heterocycles. The summed E-state index contributed by atoms with van der Waals surface area (Å²) < 4.78 is 6.66. The summed E-state index contributed by atoms with van der Waals surface area (Å²) in [6, 6.07) is 8.43. The van der Waals surface area contributed by atoms with Crippen LogP contribution in [0.1, 0.15) is 50.7 Å². The molecule has 1 rings (SSSR count). The summed E-state index contributed by atoms with van der Waals surface area (Å²) in [4.78, 5) is 0. The standard InChI is InChI=1S/C14H21BrO/c1-3-4-5-6-7-14(16-2)12-8-10-13(15)11-9-12/h8-11,14H,3-7H2,1-2H3. The van der Waals surface area contributed by atoms with E-state index in [0.717, 1.165) is 10.9 Å². The molecule has 90 valence electrons. The minimum absolute atomic E-state index is 0.255. The first-order chi connectivity index (χ1) is 7.77. The summed E-state index contributed by atoms with van der Waals surface area (Å²) in [5.74, 6) is 0. The normalized spacial score (nSPS) is 12.7. The van der Waals surface area contributed by atoms with E-state index in [1.807, 2.05) is 0 Å². The van der Waals surface area contributed by atoms with E-state index < -0.39 is 0 Å². The van der Waals surface area contributed by atoms with Gasteiger partial charge in [-0.25, -0.2) is 0 Å². The summed E-state index contributed by atoms with van der Waals surface area (Å²) in [6.07, 6.45) is 6.56. The van der Waals surface area contributed by atoms with Crippen LogP contribution < -0.4 is 0 Å². The lowest BCUT2D eigenvalue weighted by Gasteiger charge is -2.15. The second-order valence-electron chi connectivity index (χ2n) is 4.13. The smallest absolute Gasteiger partial charge is 0.0821 e. The molecule has 1 unspecified atom stereocenters. The van der Waals surface area contributed by atoms with Crippen molar-refractivity contribution in [3.63, 3.8) is 0 Å². The SMILES string of the molecule is CCCCCCC(OC)c1ccc(Br)cc1. The second-order valence-corrected chi connectivity index (χ2v) is 5.04. The van der Waals surface area contributed by atoms with Crippen molar-refractivity contribution in [2.75, 3.05) is 7.11 Å². The minimum Gasteiger partial charge on any atom is -0.377 e. The van der Waals surface area contributed by atoms with E-state index in [0.29, 0.717) is 0 Å². The first-order valence-electron chi connectivity index (χ1n) is 6.06. The van der Waals surface area contributed by atoms with Crippen LogP contribution in [-0.2, 0) is 4.74 Å². The van der Waals surface area contributed by atoms with Gasteiger partial charge in [-0.3, -0.25) is 0 Å². The molecule has 0 N–H and O–H groups in total. The van der Waals surface area contributed by atoms with E-state index in [9.17, 15) is 0 Å². The molecule has 0 aliphatic rings. The van der Waals surface area contributed by atoms with Gasteiger partial charge in [0.25, 0.3) is 0 Å². The molecular weight excluding hydrogens is 264 g/mol. The third kappa shape index (κ3) is 4.67. The number of hydrogen-bond acceptors (Lipinski definition) is 1. The van der Waals surface area contributed by atoms with Crippen molar-refractivity contribution >= 4 is 15.9 Å². The maximum Gasteiger partial charge on any atom is 0.0821 e. The van der Waals surface area contributed by atoms with Crippen molar-refractivity contribution in [2.24, 2.45) is 0 Å². The highest BCUT2D eigenvalue weighted by Gasteiger charge is 2.09. The Hall–Kier alpha value is -0.340. The lowest BCUT2D eigenvalue weighted by atomic mass is 10.0. The van der Waals surface area contributed by atoms with Crippen LogP contribution in [0.5, 0.6) is 0 Å². The molecule has 0 fully saturated rings. The van der Waals surface area contributed by atoms with Crippen LogP contribution in [0.3, 0.4) is 0 Å². The lowest BCUT2D eigenvalue weighted by Crippen LogP contribution is -2.01. The van der Waals surface area contributed by atoms with Crippen LogP contribution >= 0.6 is 15.9 Å². The lowest BCUT2D eigenvalue weighted by molar-refractivity contribution is 0.0931. The van der Waals surface area contributed by atoms with Crippen molar-refractivity contribution in [3.05, 3.63) is 34.3 Å². The van der Waals surface area contributed by atoms with Crippen LogP contribution in [0.15, 0.2) is 28.7 Å². The van der Waals surface area contributed by atoms with Gasteiger partial charge < -0.3 is 4.74 Å². The first-order valence-corrected chi connectivity index (χ1v) is 6.85. The van der Waals surface area contributed by atoms with E-state index in [1.165, 1.54) is 31.2 Å². The van der Waals surface area contributed by atoms with Crippen molar-refractivity contribution in [1.82, 2.24) is 0 Å². The fourth-order valence-electron chi connectivity index (χ4n) is 1.85. The predicted molar refractivity (Wildman–Crippen MR) is 72.7 cm³/mol. The molecule has 1 aromatic rings. The average Bonchev–Trinajstić information content (AvgIpc) is 2.31. The van der Waals surface area contributed by atoms with Crippen molar-refractivity contribution in [1.29, 1.82) is 0 Å². The van der Waals surface area contributed by atoms with Gasteiger partial charge in [-0.2, -0.15) is 0 Å². The number of benzene rings is 1. The quantitative estimate of drug-likeness (QED) is 0.633. The first kappa shape index (κ1) is 13.7. The van der Waals surface area contributed by atoms with Crippen LogP contribution in [0.25, 0.3) is 0 Å². The Morgan fingerprint density at radius 1 is 1.12 bits per heavy atom. The molecule has 0 radical (unpaired) electrons. The highest BCUT2D eigenvalue weighted by atomic mass is 79.9. The average molecular weight is 285 g/mol. The molecule has 0 spiro atoms. The molecule has 16 heavy (non-hydrogen) atoms. The van der Waals surface area contributed by atoms with Gasteiger partial charge in [0.1, 0.15) is 0 Å². The van der Waals surface area contributed by atoms with Gasteiger partial charge in [0.15, 0.2) is 0 Å². The molecule has 0 aromatic heterocycles. The molecule has 1 atom stereocenters. The van der Waals surface area contributed by atoms with Gasteiger partial charge in [-0.15, -0.1) is 0 Å². The predicted octanol–water partition coefficient (Wildman–Crippen LogP) is 5.11. The fourth-order valence-corrected chi connectivity index (χ4v) is 2.12. The number of ether oxygens (including phenoxy) is 1. The Morgan fingerprint density at radius 3 is 2.38 bits per heavy atom. The highest BCUT2D eigenvalue weighted by molar-refractivity contribution is 9.10. The zero-order valence-corrected chi connectivity index (χ0v) is 11.8. The van der Waals surface area contributed by atoms with Crippen LogP contribution in [0, 0.1) is 0 Å². The van der Waals surface area contributed by atoms with Crippen molar-refractivity contribution in [2.45, 2.75) is 45.1 Å². The van der Waals surface area contributed by atoms with Gasteiger partial charge in [-0.1, -0.05) is 60.7 Å². The zero-order chi connectivity index (χ0) is 11.8. The number of unbranched alkanes of at least 4 members (excludes halogenated alkanes) is 3. The fraction of sp³-hybridized carbons (Fsp3) is 0.571. The summed E-state index contributed by atoms with van der Waals surface area (Å²) >= 11 is 3.45. The Bertz CT molecular complexity index is 281. The van der Waals surface area contributed by atoms with Gasteiger partial charge in [-0.05, 0) is 24.1 Å². The van der Waals surface area contributed by atoms with Gasteiger partial charge in [0, 0.05) is 11.6 Å². The molecule has 0 saturated heterocycles. The molecule has 0 aliphatic heterocycles. The number of hydrogen-bond donors (Lipinski definition) is 0. The van der Waals surface area contributed by atoms with Crippen molar-refractivity contribution < 1.29 is 4.74 Å². The largest absolute Gasteiger partial charge is 0.377 e. The Labute approximate surface area is 107 Å². The molecule has 0 aliphatic carbocycles. The topological polar surface area (TPSA) is 9.23 Å². The van der Waals surface area contributed by atoms with E-state index in [2.05, 4.69) is 47.1 Å². The maximum atomic E-state index is 5.54. The van der Waals surface area contributed by atoms with Crippen LogP contribution in [0.2, 0.25) is 0 Å². The van der Waals surface area contributed by atoms with E-state index in [4.69, 9.17) is 4.74 Å². The monoisotopic (exact) mass is 284 g/mol. The Balaban J connectivity index is 2.44. The van der Waals surface area contributed by atoms with E-state index in [-0.39, 0.29) is 6.10 Å². The summed E-state index contributed by atoms with van der Waals surface area (Å²) in [6.45, 7) is 2.24. The molecule has 0 amide bonds. The minimum atomic E-state index is 0.255. The van der Waals surface area contributed by atoms with Crippen LogP contribution in [0.4, 0.5) is 0 Å². The molecule has 1 aromatic carbocycles. The number of rotatable bonds is 7. The number of methoxy groups -OCH3 is 1. The molecular formula is C14H21BrO. The summed E-state index contributed by atoms with van der Waals surface area (Å²) in [7, 11) is 1.80. The summed E-state index contributed by atoms with van der Waals surface area (Å²) in [5.41, 5.74) is 1.28. The maximum absolute atomic E-state index is 5.54. The van der Waals surface area contributed by atoms with Gasteiger partial charge in [0.2, 0.25) is 0 Å². The third-order valence-electron chi connectivity index (χ3n) is 2.85. The second kappa shape index (κ2) is 7.86. The number of halogens is 1. The van der Waals surface area contributed by atoms with Crippen LogP contribution in [-0.4, -0.2) is 7.11 Å². The molecule has 0 saturated carbocycles. The Kier molecular flexibility index (Phi) is 6.74. The third-order valence-corrected chi connectivity index (χ3v) is 3.37. The Morgan fingerprint density at radius 2 is 1.81 bits per heavy atom. The van der Waals surface area contributed by atoms with Gasteiger partial charge >= 0.3 is 0 Å². The summed E-state index contributed by atoms with van der Waals surface area (Å²) in [5, 5.41) is 0. The zero-order valence-electron chi connectivity index (χ0n) is 10.2. The van der Waals surface area contributed by atoms with E-state index >= 15 is 0 Å². The molecule has 0 bridgehead atoms. The van der Waals surface area contributed by atoms with Crippen molar-refractivity contribution in [3.8, 4) is 0 Å². The highest BCUT2D eigenvalue weighted by Crippen LogP contribution is 2.24. The molecule has 2 heteroatoms.